The molecule has 0 bridgehead atoms. The third kappa shape index (κ3) is 6.49. The Morgan fingerprint density at radius 2 is 2.17 bits per heavy atom. The normalized spacial score (nSPS) is 19.8. The summed E-state index contributed by atoms with van der Waals surface area (Å²) in [5.41, 5.74) is 0.939. The predicted molar refractivity (Wildman–Crippen MR) is 135 cm³/mol. The summed E-state index contributed by atoms with van der Waals surface area (Å²) in [4.78, 5) is 8.62. The Morgan fingerprint density at radius 3 is 2.83 bits per heavy atom. The number of likely N-dealkylation sites (tertiary alicyclic amines) is 1. The monoisotopic (exact) mass is 544 g/mol. The number of ether oxygens (including phenoxy) is 1. The van der Waals surface area contributed by atoms with Gasteiger partial charge in [-0.15, -0.1) is 35.3 Å². The molecule has 0 radical (unpaired) electrons. The van der Waals surface area contributed by atoms with Gasteiger partial charge in [0.15, 0.2) is 17.5 Å². The summed E-state index contributed by atoms with van der Waals surface area (Å²) < 4.78 is 5.11. The summed E-state index contributed by atoms with van der Waals surface area (Å²) in [5.74, 6) is 1.97. The summed E-state index contributed by atoms with van der Waals surface area (Å²) >= 11 is 1.84. The molecule has 30 heavy (non-hydrogen) atoms. The molecule has 166 valence electrons. The number of halogens is 1. The number of methoxy groups -OCH3 is 1. The van der Waals surface area contributed by atoms with E-state index >= 15 is 0 Å². The van der Waals surface area contributed by atoms with E-state index in [1.165, 1.54) is 17.7 Å². The molecule has 1 aliphatic heterocycles. The molecule has 2 heterocycles. The highest BCUT2D eigenvalue weighted by Gasteiger charge is 2.31. The van der Waals surface area contributed by atoms with Gasteiger partial charge < -0.3 is 20.5 Å². The van der Waals surface area contributed by atoms with Crippen LogP contribution in [0.3, 0.4) is 0 Å². The van der Waals surface area contributed by atoms with Gasteiger partial charge in [-0.25, -0.2) is 4.99 Å². The molecule has 1 aromatic carbocycles. The quantitative estimate of drug-likeness (QED) is 0.277. The number of rotatable bonds is 7. The second-order valence-corrected chi connectivity index (χ2v) is 8.40. The fraction of sp³-hybridized carbons (Fsp3) is 0.500. The summed E-state index contributed by atoms with van der Waals surface area (Å²) in [7, 11) is 3.78. The average molecular weight is 545 g/mol. The number of guanidine groups is 1. The van der Waals surface area contributed by atoms with Crippen molar-refractivity contribution in [3.05, 3.63) is 46.2 Å². The number of nitrogens with one attached hydrogen (secondary N) is 2. The van der Waals surface area contributed by atoms with Gasteiger partial charge in [0.05, 0.1) is 13.7 Å². The van der Waals surface area contributed by atoms with Crippen LogP contribution in [0, 0.1) is 5.92 Å². The van der Waals surface area contributed by atoms with Gasteiger partial charge in [-0.05, 0) is 68.4 Å². The van der Waals surface area contributed by atoms with Crippen molar-refractivity contribution in [1.82, 2.24) is 15.5 Å². The van der Waals surface area contributed by atoms with E-state index < -0.39 is 0 Å². The van der Waals surface area contributed by atoms with Gasteiger partial charge in [-0.2, -0.15) is 0 Å². The van der Waals surface area contributed by atoms with Crippen molar-refractivity contribution in [1.29, 1.82) is 0 Å². The number of thiophene rings is 1. The lowest BCUT2D eigenvalue weighted by Crippen LogP contribution is -2.44. The Labute approximate surface area is 200 Å². The zero-order chi connectivity index (χ0) is 20.6. The standard InChI is InChI=1S/C22H32N4O2S.HI/c1-4-23-22(24-14-16-9-10-19(28-3)18(27)13-16)25-15-17-7-5-11-26(2)21(17)20-8-6-12-29-20;/h6,8-10,12-13,17,21,27H,4-5,7,11,14-15H2,1-3H3,(H2,23,24,25);1H. The van der Waals surface area contributed by atoms with E-state index in [0.29, 0.717) is 24.3 Å². The minimum atomic E-state index is 0. The topological polar surface area (TPSA) is 69.1 Å². The van der Waals surface area contributed by atoms with Crippen molar-refractivity contribution in [3.63, 3.8) is 0 Å². The highest BCUT2D eigenvalue weighted by atomic mass is 127. The number of nitrogens with zero attached hydrogens (tertiary/aromatic N) is 2. The molecule has 3 rings (SSSR count). The van der Waals surface area contributed by atoms with Gasteiger partial charge in [0.25, 0.3) is 0 Å². The molecule has 2 aromatic rings. The van der Waals surface area contributed by atoms with Crippen molar-refractivity contribution in [2.75, 3.05) is 33.8 Å². The molecule has 1 saturated heterocycles. The molecule has 2 unspecified atom stereocenters. The number of phenolic OH excluding ortho intramolecular Hbond substituents is 1. The van der Waals surface area contributed by atoms with Gasteiger partial charge in [-0.1, -0.05) is 12.1 Å². The fourth-order valence-electron chi connectivity index (χ4n) is 3.96. The first-order valence-electron chi connectivity index (χ1n) is 10.2. The maximum absolute atomic E-state index is 9.97. The van der Waals surface area contributed by atoms with E-state index in [2.05, 4.69) is 47.0 Å². The van der Waals surface area contributed by atoms with Gasteiger partial charge in [0, 0.05) is 24.0 Å². The molecule has 1 aromatic heterocycles. The summed E-state index contributed by atoms with van der Waals surface area (Å²) in [5, 5.41) is 19.0. The minimum Gasteiger partial charge on any atom is -0.504 e. The summed E-state index contributed by atoms with van der Waals surface area (Å²) in [6.07, 6.45) is 2.44. The first kappa shape index (κ1) is 24.7. The molecule has 6 nitrogen and oxygen atoms in total. The Kier molecular flexibility index (Phi) is 10.2. The maximum Gasteiger partial charge on any atom is 0.191 e. The van der Waals surface area contributed by atoms with Gasteiger partial charge in [-0.3, -0.25) is 4.90 Å². The first-order chi connectivity index (χ1) is 14.1. The smallest absolute Gasteiger partial charge is 0.191 e. The Hall–Kier alpha value is -1.52. The minimum absolute atomic E-state index is 0. The van der Waals surface area contributed by atoms with Gasteiger partial charge in [0.2, 0.25) is 0 Å². The zero-order valence-corrected chi connectivity index (χ0v) is 21.1. The number of hydrogen-bond acceptors (Lipinski definition) is 5. The molecule has 1 aliphatic rings. The molecule has 0 amide bonds. The maximum atomic E-state index is 9.97. The molecule has 3 N–H and O–H groups in total. The summed E-state index contributed by atoms with van der Waals surface area (Å²) in [6.45, 7) is 5.39. The molecular formula is C22H33IN4O2S. The van der Waals surface area contributed by atoms with Gasteiger partial charge >= 0.3 is 0 Å². The van der Waals surface area contributed by atoms with E-state index in [9.17, 15) is 5.11 Å². The van der Waals surface area contributed by atoms with Crippen molar-refractivity contribution >= 4 is 41.3 Å². The highest BCUT2D eigenvalue weighted by Crippen LogP contribution is 2.36. The number of piperidine rings is 1. The lowest BCUT2D eigenvalue weighted by Gasteiger charge is -2.39. The van der Waals surface area contributed by atoms with Crippen molar-refractivity contribution in [2.24, 2.45) is 10.9 Å². The van der Waals surface area contributed by atoms with E-state index in [-0.39, 0.29) is 29.7 Å². The second kappa shape index (κ2) is 12.4. The zero-order valence-electron chi connectivity index (χ0n) is 17.9. The number of benzene rings is 1. The van der Waals surface area contributed by atoms with Crippen LogP contribution in [0.4, 0.5) is 0 Å². The molecule has 2 atom stereocenters. The lowest BCUT2D eigenvalue weighted by molar-refractivity contribution is 0.125. The van der Waals surface area contributed by atoms with Crippen LogP contribution < -0.4 is 15.4 Å². The highest BCUT2D eigenvalue weighted by molar-refractivity contribution is 14.0. The molecular weight excluding hydrogens is 511 g/mol. The van der Waals surface area contributed by atoms with Crippen LogP contribution in [0.25, 0.3) is 0 Å². The molecule has 1 fully saturated rings. The molecule has 0 aliphatic carbocycles. The van der Waals surface area contributed by atoms with Crippen LogP contribution in [-0.4, -0.2) is 49.8 Å². The Morgan fingerprint density at radius 1 is 1.33 bits per heavy atom. The van der Waals surface area contributed by atoms with Crippen LogP contribution in [-0.2, 0) is 6.54 Å². The van der Waals surface area contributed by atoms with Crippen LogP contribution in [0.2, 0.25) is 0 Å². The third-order valence-corrected chi connectivity index (χ3v) is 6.32. The third-order valence-electron chi connectivity index (χ3n) is 5.38. The van der Waals surface area contributed by atoms with Crippen molar-refractivity contribution in [3.8, 4) is 11.5 Å². The second-order valence-electron chi connectivity index (χ2n) is 7.43. The van der Waals surface area contributed by atoms with E-state index in [1.807, 2.05) is 17.4 Å². The van der Waals surface area contributed by atoms with Crippen LogP contribution >= 0.6 is 35.3 Å². The number of aromatic hydroxyl groups is 1. The predicted octanol–water partition coefficient (Wildman–Crippen LogP) is 4.22. The number of aliphatic imine (C=N–C) groups is 1. The largest absolute Gasteiger partial charge is 0.504 e. The first-order valence-corrected chi connectivity index (χ1v) is 11.1. The van der Waals surface area contributed by atoms with Crippen LogP contribution in [0.1, 0.15) is 36.2 Å². The molecule has 0 spiro atoms. The molecule has 0 saturated carbocycles. The lowest BCUT2D eigenvalue weighted by atomic mass is 9.88. The Bertz CT molecular complexity index is 800. The number of phenols is 1. The van der Waals surface area contributed by atoms with E-state index in [0.717, 1.165) is 31.2 Å². The van der Waals surface area contributed by atoms with Crippen LogP contribution in [0.5, 0.6) is 11.5 Å². The van der Waals surface area contributed by atoms with Crippen LogP contribution in [0.15, 0.2) is 40.7 Å². The SMILES string of the molecule is CCNC(=NCc1ccc(OC)c(O)c1)NCC1CCCN(C)C1c1cccs1.I. The number of hydrogen-bond donors (Lipinski definition) is 3. The Balaban J connectivity index is 0.00000320. The molecule has 8 heteroatoms. The van der Waals surface area contributed by atoms with E-state index in [4.69, 9.17) is 9.73 Å². The van der Waals surface area contributed by atoms with Gasteiger partial charge in [0.1, 0.15) is 0 Å². The average Bonchev–Trinajstić information content (AvgIpc) is 3.24. The van der Waals surface area contributed by atoms with E-state index in [1.54, 1.807) is 19.2 Å². The summed E-state index contributed by atoms with van der Waals surface area (Å²) in [6, 6.07) is 10.2. The van der Waals surface area contributed by atoms with Crippen molar-refractivity contribution < 1.29 is 9.84 Å². The fourth-order valence-corrected chi connectivity index (χ4v) is 4.94. The van der Waals surface area contributed by atoms with Crippen molar-refractivity contribution in [2.45, 2.75) is 32.4 Å².